The van der Waals surface area contributed by atoms with Gasteiger partial charge in [0.15, 0.2) is 0 Å². The Morgan fingerprint density at radius 3 is 2.36 bits per heavy atom. The lowest BCUT2D eigenvalue weighted by atomic mass is 9.82. The molecule has 2 aromatic heterocycles. The molecule has 0 amide bonds. The van der Waals surface area contributed by atoms with Crippen molar-refractivity contribution in [3.63, 3.8) is 0 Å². The Balaban J connectivity index is 1.98. The van der Waals surface area contributed by atoms with Crippen LogP contribution < -0.4 is 5.56 Å². The Kier molecular flexibility index (Phi) is 5.90. The van der Waals surface area contributed by atoms with Gasteiger partial charge in [0, 0.05) is 42.2 Å². The highest BCUT2D eigenvalue weighted by atomic mass is 35.5. The number of nitro benzene ring substituents is 1. The summed E-state index contributed by atoms with van der Waals surface area (Å²) in [5.74, 6) is 0. The van der Waals surface area contributed by atoms with Crippen LogP contribution in [0, 0.1) is 10.1 Å². The Hall–Kier alpha value is -3.94. The van der Waals surface area contributed by atoms with Gasteiger partial charge in [0.05, 0.1) is 34.2 Å². The minimum absolute atomic E-state index is 0.0794. The van der Waals surface area contributed by atoms with Crippen molar-refractivity contribution in [3.8, 4) is 11.1 Å². The molecule has 0 N–H and O–H groups in total. The summed E-state index contributed by atoms with van der Waals surface area (Å²) in [5.41, 5.74) is 3.02. The van der Waals surface area contributed by atoms with Gasteiger partial charge in [-0.2, -0.15) is 0 Å². The van der Waals surface area contributed by atoms with E-state index in [1.807, 2.05) is 36.4 Å². The highest BCUT2D eigenvalue weighted by molar-refractivity contribution is 6.31. The highest BCUT2D eigenvalue weighted by Crippen LogP contribution is 2.47. The summed E-state index contributed by atoms with van der Waals surface area (Å²) in [6.45, 7) is 0. The maximum Gasteiger partial charge on any atom is 0.269 e. The number of rotatable bonds is 5. The average molecular weight is 519 g/mol. The molecule has 7 nitrogen and oxygen atoms in total. The second-order valence-electron chi connectivity index (χ2n) is 8.49. The number of hydrogen-bond acceptors (Lipinski definition) is 4. The fourth-order valence-corrected chi connectivity index (χ4v) is 5.36. The average Bonchev–Trinajstić information content (AvgIpc) is 3.32. The van der Waals surface area contributed by atoms with Crippen molar-refractivity contribution in [2.24, 2.45) is 14.1 Å². The molecule has 0 saturated carbocycles. The summed E-state index contributed by atoms with van der Waals surface area (Å²) in [7, 11) is 3.49. The molecule has 5 aromatic rings. The van der Waals surface area contributed by atoms with Crippen LogP contribution in [0.3, 0.4) is 0 Å². The number of benzene rings is 3. The summed E-state index contributed by atoms with van der Waals surface area (Å²) in [4.78, 5) is 27.7. The number of pyridine rings is 1. The monoisotopic (exact) mass is 518 g/mol. The third-order valence-corrected chi connectivity index (χ3v) is 7.24. The number of fused-ring (bicyclic) bond motifs is 1. The largest absolute Gasteiger partial charge is 0.336 e. The van der Waals surface area contributed by atoms with E-state index in [2.05, 4.69) is 4.98 Å². The molecule has 1 unspecified atom stereocenters. The van der Waals surface area contributed by atoms with Gasteiger partial charge >= 0.3 is 0 Å². The van der Waals surface area contributed by atoms with E-state index in [0.29, 0.717) is 27.4 Å². The Labute approximate surface area is 216 Å². The Morgan fingerprint density at radius 1 is 1.00 bits per heavy atom. The van der Waals surface area contributed by atoms with Gasteiger partial charge in [0.1, 0.15) is 4.87 Å². The number of nitrogens with zero attached hydrogens (tertiary/aromatic N) is 4. The van der Waals surface area contributed by atoms with Crippen LogP contribution in [0.5, 0.6) is 0 Å². The molecule has 0 bridgehead atoms. The number of alkyl halides is 1. The molecule has 180 valence electrons. The van der Waals surface area contributed by atoms with E-state index < -0.39 is 9.80 Å². The summed E-state index contributed by atoms with van der Waals surface area (Å²) >= 11 is 14.0. The normalized spacial score (nSPS) is 13.0. The standard InChI is InChI=1S/C27H20Cl2N4O3/c1-31-16-30-15-23(31)27(29,18-10-12-20(13-11-18)33(35)36)25-24(17-6-5-7-19(28)14-17)21-8-3-4-9-22(21)32(2)26(25)34/h3-16H,1-2H3. The van der Waals surface area contributed by atoms with Crippen molar-refractivity contribution < 1.29 is 4.92 Å². The molecule has 0 aliphatic heterocycles. The van der Waals surface area contributed by atoms with Gasteiger partial charge < -0.3 is 9.13 Å². The molecule has 0 saturated heterocycles. The number of para-hydroxylation sites is 1. The first-order valence-electron chi connectivity index (χ1n) is 11.0. The topological polar surface area (TPSA) is 83.0 Å². The number of imidazole rings is 1. The number of nitro groups is 1. The zero-order valence-corrected chi connectivity index (χ0v) is 20.9. The fraction of sp³-hybridized carbons (Fsp3) is 0.111. The quantitative estimate of drug-likeness (QED) is 0.161. The molecular formula is C27H20Cl2N4O3. The molecule has 0 aliphatic rings. The lowest BCUT2D eigenvalue weighted by Crippen LogP contribution is -2.36. The second-order valence-corrected chi connectivity index (χ2v) is 9.50. The summed E-state index contributed by atoms with van der Waals surface area (Å²) in [6.07, 6.45) is 3.20. The minimum atomic E-state index is -1.53. The molecule has 36 heavy (non-hydrogen) atoms. The number of halogens is 2. The smallest absolute Gasteiger partial charge is 0.269 e. The van der Waals surface area contributed by atoms with Crippen molar-refractivity contribution in [1.82, 2.24) is 14.1 Å². The van der Waals surface area contributed by atoms with Crippen molar-refractivity contribution in [2.45, 2.75) is 4.87 Å². The molecule has 1 atom stereocenters. The van der Waals surface area contributed by atoms with Crippen LogP contribution in [0.4, 0.5) is 5.69 Å². The van der Waals surface area contributed by atoms with E-state index >= 15 is 0 Å². The van der Waals surface area contributed by atoms with E-state index in [1.165, 1.54) is 12.1 Å². The van der Waals surface area contributed by atoms with Crippen molar-refractivity contribution in [3.05, 3.63) is 128 Å². The first-order chi connectivity index (χ1) is 17.2. The van der Waals surface area contributed by atoms with Crippen LogP contribution >= 0.6 is 23.2 Å². The highest BCUT2D eigenvalue weighted by Gasteiger charge is 2.42. The summed E-state index contributed by atoms with van der Waals surface area (Å²) in [5, 5.41) is 12.6. The predicted octanol–water partition coefficient (Wildman–Crippen LogP) is 6.03. The summed E-state index contributed by atoms with van der Waals surface area (Å²) < 4.78 is 3.31. The molecule has 0 fully saturated rings. The number of hydrogen-bond donors (Lipinski definition) is 0. The van der Waals surface area contributed by atoms with Crippen LogP contribution in [0.15, 0.2) is 90.1 Å². The third kappa shape index (κ3) is 3.68. The van der Waals surface area contributed by atoms with Crippen molar-refractivity contribution >= 4 is 39.8 Å². The van der Waals surface area contributed by atoms with Gasteiger partial charge in [0.25, 0.3) is 11.2 Å². The van der Waals surface area contributed by atoms with Gasteiger partial charge in [-0.15, -0.1) is 11.6 Å². The molecule has 3 aromatic carbocycles. The van der Waals surface area contributed by atoms with E-state index in [1.54, 1.807) is 60.0 Å². The first-order valence-corrected chi connectivity index (χ1v) is 11.8. The third-order valence-electron chi connectivity index (χ3n) is 6.41. The molecule has 0 spiro atoms. The van der Waals surface area contributed by atoms with Gasteiger partial charge in [-0.05, 0) is 41.5 Å². The number of aromatic nitrogens is 3. The van der Waals surface area contributed by atoms with Crippen molar-refractivity contribution in [2.75, 3.05) is 0 Å². The minimum Gasteiger partial charge on any atom is -0.336 e. The molecule has 0 aliphatic carbocycles. The van der Waals surface area contributed by atoms with Crippen LogP contribution in [-0.2, 0) is 19.0 Å². The number of non-ortho nitro benzene ring substituents is 1. The second kappa shape index (κ2) is 8.93. The van der Waals surface area contributed by atoms with Gasteiger partial charge in [-0.1, -0.05) is 41.9 Å². The lowest BCUT2D eigenvalue weighted by Gasteiger charge is -2.31. The van der Waals surface area contributed by atoms with E-state index in [-0.39, 0.29) is 11.2 Å². The van der Waals surface area contributed by atoms with Gasteiger partial charge in [-0.25, -0.2) is 4.98 Å². The molecule has 5 rings (SSSR count). The molecule has 0 radical (unpaired) electrons. The maximum absolute atomic E-state index is 14.2. The van der Waals surface area contributed by atoms with Crippen molar-refractivity contribution in [1.29, 1.82) is 0 Å². The van der Waals surface area contributed by atoms with Crippen LogP contribution in [-0.4, -0.2) is 19.0 Å². The molecule has 9 heteroatoms. The predicted molar refractivity (Wildman–Crippen MR) is 142 cm³/mol. The first kappa shape index (κ1) is 23.8. The molecule has 2 heterocycles. The Bertz CT molecular complexity index is 1690. The zero-order chi connectivity index (χ0) is 25.6. The van der Waals surface area contributed by atoms with Gasteiger partial charge in [0.2, 0.25) is 0 Å². The summed E-state index contributed by atoms with van der Waals surface area (Å²) in [6, 6.07) is 20.8. The molecular weight excluding hydrogens is 499 g/mol. The maximum atomic E-state index is 14.2. The van der Waals surface area contributed by atoms with Gasteiger partial charge in [-0.3, -0.25) is 14.9 Å². The van der Waals surface area contributed by atoms with Crippen LogP contribution in [0.1, 0.15) is 16.8 Å². The number of aryl methyl sites for hydroxylation is 2. The SMILES string of the molecule is Cn1cncc1C(Cl)(c1ccc([N+](=O)[O-])cc1)c1c(-c2cccc(Cl)c2)c2ccccc2n(C)c1=O. The lowest BCUT2D eigenvalue weighted by molar-refractivity contribution is -0.384. The van der Waals surface area contributed by atoms with Crippen LogP contribution in [0.25, 0.3) is 22.0 Å². The fourth-order valence-electron chi connectivity index (χ4n) is 4.68. The van der Waals surface area contributed by atoms with Crippen LogP contribution in [0.2, 0.25) is 5.02 Å². The van der Waals surface area contributed by atoms with E-state index in [0.717, 1.165) is 16.5 Å². The van der Waals surface area contributed by atoms with E-state index in [9.17, 15) is 14.9 Å². The van der Waals surface area contributed by atoms with E-state index in [4.69, 9.17) is 23.2 Å². The Morgan fingerprint density at radius 2 is 1.72 bits per heavy atom. The zero-order valence-electron chi connectivity index (χ0n) is 19.4.